The van der Waals surface area contributed by atoms with Crippen LogP contribution in [0.2, 0.25) is 0 Å². The third kappa shape index (κ3) is 4.43. The van der Waals surface area contributed by atoms with E-state index in [4.69, 9.17) is 0 Å². The minimum absolute atomic E-state index is 0.895. The van der Waals surface area contributed by atoms with E-state index in [0.29, 0.717) is 0 Å². The molecular formula is C16H27Br. The average molecular weight is 299 g/mol. The molecule has 0 bridgehead atoms. The average Bonchev–Trinajstić information content (AvgIpc) is 2.65. The fourth-order valence-corrected chi connectivity index (χ4v) is 4.19. The van der Waals surface area contributed by atoms with Crippen LogP contribution in [-0.2, 0) is 0 Å². The molecule has 2 fully saturated rings. The molecule has 0 radical (unpaired) electrons. The Labute approximate surface area is 115 Å². The molecule has 0 nitrogen and oxygen atoms in total. The number of halogens is 1. The Morgan fingerprint density at radius 1 is 0.824 bits per heavy atom. The number of rotatable bonds is 3. The van der Waals surface area contributed by atoms with Crippen molar-refractivity contribution in [3.63, 3.8) is 0 Å². The van der Waals surface area contributed by atoms with E-state index in [2.05, 4.69) is 22.0 Å². The second-order valence-corrected chi connectivity index (χ2v) is 6.52. The van der Waals surface area contributed by atoms with E-state index in [0.717, 1.165) is 17.2 Å². The molecular weight excluding hydrogens is 272 g/mol. The van der Waals surface area contributed by atoms with Gasteiger partial charge in [0.15, 0.2) is 0 Å². The zero-order valence-corrected chi connectivity index (χ0v) is 12.7. The first-order valence-corrected chi connectivity index (χ1v) is 8.79. The van der Waals surface area contributed by atoms with Gasteiger partial charge >= 0.3 is 0 Å². The maximum atomic E-state index is 3.73. The van der Waals surface area contributed by atoms with E-state index < -0.39 is 0 Å². The molecule has 0 aliphatic heterocycles. The van der Waals surface area contributed by atoms with Crippen LogP contribution in [0.3, 0.4) is 0 Å². The summed E-state index contributed by atoms with van der Waals surface area (Å²) in [7, 11) is 0. The molecule has 2 saturated carbocycles. The summed E-state index contributed by atoms with van der Waals surface area (Å²) in [5.74, 6) is 1.80. The Balaban J connectivity index is 1.94. The standard InChI is InChI=1S/C16H27Br/c17-13-16(15-10-6-3-7-11-15)12-14-8-4-1-2-5-9-14/h12,14-15H,1-11,13H2. The van der Waals surface area contributed by atoms with Gasteiger partial charge < -0.3 is 0 Å². The fraction of sp³-hybridized carbons (Fsp3) is 0.875. The van der Waals surface area contributed by atoms with Crippen molar-refractivity contribution in [1.82, 2.24) is 0 Å². The summed E-state index contributed by atoms with van der Waals surface area (Å²) in [5.41, 5.74) is 1.73. The summed E-state index contributed by atoms with van der Waals surface area (Å²) < 4.78 is 0. The van der Waals surface area contributed by atoms with Crippen molar-refractivity contribution in [2.24, 2.45) is 11.8 Å². The zero-order chi connectivity index (χ0) is 11.9. The summed E-state index contributed by atoms with van der Waals surface area (Å²) >= 11 is 3.73. The van der Waals surface area contributed by atoms with E-state index in [-0.39, 0.29) is 0 Å². The van der Waals surface area contributed by atoms with Crippen molar-refractivity contribution < 1.29 is 0 Å². The molecule has 0 atom stereocenters. The van der Waals surface area contributed by atoms with Crippen LogP contribution in [0.5, 0.6) is 0 Å². The lowest BCUT2D eigenvalue weighted by atomic mass is 9.82. The maximum absolute atomic E-state index is 3.73. The van der Waals surface area contributed by atoms with Crippen LogP contribution in [0.4, 0.5) is 0 Å². The third-order valence-electron chi connectivity index (χ3n) is 4.63. The number of hydrogen-bond acceptors (Lipinski definition) is 0. The first kappa shape index (κ1) is 13.6. The summed E-state index contributed by atoms with van der Waals surface area (Å²) in [5, 5.41) is 1.12. The Kier molecular flexibility index (Phi) is 6.11. The highest BCUT2D eigenvalue weighted by Gasteiger charge is 2.19. The van der Waals surface area contributed by atoms with Gasteiger partial charge in [0.1, 0.15) is 0 Å². The van der Waals surface area contributed by atoms with Gasteiger partial charge in [0.2, 0.25) is 0 Å². The van der Waals surface area contributed by atoms with Crippen molar-refractivity contribution in [3.8, 4) is 0 Å². The summed E-state index contributed by atoms with van der Waals surface area (Å²) in [6.07, 6.45) is 18.7. The van der Waals surface area contributed by atoms with Crippen LogP contribution in [0.15, 0.2) is 11.6 Å². The second kappa shape index (κ2) is 7.61. The SMILES string of the molecule is BrCC(=CC1CCCCCC1)C1CCCCC1. The topological polar surface area (TPSA) is 0 Å². The molecule has 2 aliphatic rings. The quantitative estimate of drug-likeness (QED) is 0.348. The van der Waals surface area contributed by atoms with Crippen LogP contribution in [0.1, 0.15) is 70.6 Å². The monoisotopic (exact) mass is 298 g/mol. The van der Waals surface area contributed by atoms with Crippen molar-refractivity contribution >= 4 is 15.9 Å². The molecule has 0 saturated heterocycles. The molecule has 0 aromatic carbocycles. The minimum Gasteiger partial charge on any atom is -0.0880 e. The lowest BCUT2D eigenvalue weighted by molar-refractivity contribution is 0.400. The van der Waals surface area contributed by atoms with Crippen LogP contribution in [-0.4, -0.2) is 5.33 Å². The van der Waals surface area contributed by atoms with Crippen LogP contribution in [0, 0.1) is 11.8 Å². The first-order valence-electron chi connectivity index (χ1n) is 7.66. The highest BCUT2D eigenvalue weighted by molar-refractivity contribution is 9.09. The molecule has 0 aromatic rings. The van der Waals surface area contributed by atoms with Crippen molar-refractivity contribution in [3.05, 3.63) is 11.6 Å². The Morgan fingerprint density at radius 3 is 1.94 bits per heavy atom. The van der Waals surface area contributed by atoms with Gasteiger partial charge in [-0.1, -0.05) is 72.5 Å². The Morgan fingerprint density at radius 2 is 1.35 bits per heavy atom. The highest BCUT2D eigenvalue weighted by atomic mass is 79.9. The predicted molar refractivity (Wildman–Crippen MR) is 79.6 cm³/mol. The van der Waals surface area contributed by atoms with E-state index in [1.54, 1.807) is 5.57 Å². The molecule has 2 rings (SSSR count). The van der Waals surface area contributed by atoms with Crippen LogP contribution >= 0.6 is 15.9 Å². The van der Waals surface area contributed by atoms with Gasteiger partial charge in [-0.2, -0.15) is 0 Å². The van der Waals surface area contributed by atoms with Crippen molar-refractivity contribution in [2.75, 3.05) is 5.33 Å². The number of allylic oxidation sites excluding steroid dienone is 2. The maximum Gasteiger partial charge on any atom is 0.0244 e. The summed E-state index contributed by atoms with van der Waals surface area (Å²) in [4.78, 5) is 0. The second-order valence-electron chi connectivity index (χ2n) is 5.96. The van der Waals surface area contributed by atoms with Gasteiger partial charge in [-0.15, -0.1) is 0 Å². The molecule has 0 heterocycles. The molecule has 0 aromatic heterocycles. The van der Waals surface area contributed by atoms with E-state index in [1.807, 2.05) is 0 Å². The smallest absolute Gasteiger partial charge is 0.0244 e. The van der Waals surface area contributed by atoms with Gasteiger partial charge in [0, 0.05) is 5.33 Å². The third-order valence-corrected chi connectivity index (χ3v) is 5.28. The first-order chi connectivity index (χ1) is 8.40. The summed E-state index contributed by atoms with van der Waals surface area (Å²) in [6.45, 7) is 0. The lowest BCUT2D eigenvalue weighted by Crippen LogP contribution is -2.11. The zero-order valence-electron chi connectivity index (χ0n) is 11.1. The van der Waals surface area contributed by atoms with Gasteiger partial charge in [-0.05, 0) is 37.5 Å². The Hall–Kier alpha value is 0.220. The number of alkyl halides is 1. The van der Waals surface area contributed by atoms with Gasteiger partial charge in [-0.3, -0.25) is 0 Å². The van der Waals surface area contributed by atoms with E-state index in [9.17, 15) is 0 Å². The van der Waals surface area contributed by atoms with Crippen LogP contribution in [0.25, 0.3) is 0 Å². The normalized spacial score (nSPS) is 25.8. The molecule has 17 heavy (non-hydrogen) atoms. The van der Waals surface area contributed by atoms with Crippen molar-refractivity contribution in [1.29, 1.82) is 0 Å². The molecule has 0 unspecified atom stereocenters. The minimum atomic E-state index is 0.895. The molecule has 0 amide bonds. The lowest BCUT2D eigenvalue weighted by Gasteiger charge is -2.25. The largest absolute Gasteiger partial charge is 0.0880 e. The molecule has 0 spiro atoms. The summed E-state index contributed by atoms with van der Waals surface area (Å²) in [6, 6.07) is 0. The van der Waals surface area contributed by atoms with E-state index in [1.165, 1.54) is 70.6 Å². The predicted octanol–water partition coefficient (Wildman–Crippen LogP) is 5.86. The Bertz CT molecular complexity index is 230. The number of hydrogen-bond donors (Lipinski definition) is 0. The fourth-order valence-electron chi connectivity index (χ4n) is 3.54. The molecule has 1 heteroatoms. The van der Waals surface area contributed by atoms with Crippen molar-refractivity contribution in [2.45, 2.75) is 70.6 Å². The van der Waals surface area contributed by atoms with Gasteiger partial charge in [0.25, 0.3) is 0 Å². The van der Waals surface area contributed by atoms with Crippen LogP contribution < -0.4 is 0 Å². The van der Waals surface area contributed by atoms with Gasteiger partial charge in [0.05, 0.1) is 0 Å². The van der Waals surface area contributed by atoms with Gasteiger partial charge in [-0.25, -0.2) is 0 Å². The molecule has 0 N–H and O–H groups in total. The highest BCUT2D eigenvalue weighted by Crippen LogP contribution is 2.33. The molecule has 98 valence electrons. The van der Waals surface area contributed by atoms with E-state index >= 15 is 0 Å². The molecule has 2 aliphatic carbocycles.